The number of ether oxygens (including phenoxy) is 1. The smallest absolute Gasteiger partial charge is 0.257 e. The maximum absolute atomic E-state index is 12.4. The Kier molecular flexibility index (Phi) is 5.72. The summed E-state index contributed by atoms with van der Waals surface area (Å²) in [5.41, 5.74) is 4.67. The van der Waals surface area contributed by atoms with Crippen LogP contribution in [0.2, 0.25) is 5.15 Å². The highest BCUT2D eigenvalue weighted by molar-refractivity contribution is 6.29. The molecule has 2 heterocycles. The summed E-state index contributed by atoms with van der Waals surface area (Å²) in [6.45, 7) is 0. The monoisotopic (exact) mass is 415 g/mol. The van der Waals surface area contributed by atoms with E-state index in [2.05, 4.69) is 10.3 Å². The number of nitrogens with zero attached hydrogens (tertiary/aromatic N) is 2. The third-order valence-electron chi connectivity index (χ3n) is 4.54. The van der Waals surface area contributed by atoms with Gasteiger partial charge >= 0.3 is 0 Å². The number of anilines is 1. The molecule has 6 heteroatoms. The normalized spacial score (nSPS) is 10.5. The largest absolute Gasteiger partial charge is 0.497 e. The quantitative estimate of drug-likeness (QED) is 0.423. The molecule has 0 aliphatic carbocycles. The summed E-state index contributed by atoms with van der Waals surface area (Å²) in [6.07, 6.45) is 1.45. The summed E-state index contributed by atoms with van der Waals surface area (Å²) >= 11 is 5.78. The predicted molar refractivity (Wildman–Crippen MR) is 119 cm³/mol. The van der Waals surface area contributed by atoms with Crippen LogP contribution in [-0.4, -0.2) is 23.0 Å². The number of amides is 1. The maximum Gasteiger partial charge on any atom is 0.257 e. The van der Waals surface area contributed by atoms with Gasteiger partial charge in [0, 0.05) is 23.0 Å². The molecule has 0 saturated carbocycles. The molecule has 30 heavy (non-hydrogen) atoms. The van der Waals surface area contributed by atoms with Crippen molar-refractivity contribution >= 4 is 23.2 Å². The highest BCUT2D eigenvalue weighted by atomic mass is 35.5. The molecule has 148 valence electrons. The Balaban J connectivity index is 1.57. The number of carbonyl (C=O) groups excluding carboxylic acids is 1. The van der Waals surface area contributed by atoms with Gasteiger partial charge in [-0.25, -0.2) is 9.97 Å². The Labute approximate surface area is 179 Å². The van der Waals surface area contributed by atoms with E-state index in [-0.39, 0.29) is 5.91 Å². The number of benzene rings is 2. The minimum atomic E-state index is -0.253. The van der Waals surface area contributed by atoms with E-state index in [1.165, 1.54) is 6.20 Å². The molecule has 0 aliphatic rings. The molecule has 1 amide bonds. The molecule has 2 aromatic carbocycles. The number of hydrogen-bond acceptors (Lipinski definition) is 4. The first kappa shape index (κ1) is 19.6. The van der Waals surface area contributed by atoms with Crippen molar-refractivity contribution in [3.63, 3.8) is 0 Å². The zero-order valence-corrected chi connectivity index (χ0v) is 16.9. The molecule has 5 nitrogen and oxygen atoms in total. The second-order valence-electron chi connectivity index (χ2n) is 6.54. The molecule has 2 aromatic heterocycles. The van der Waals surface area contributed by atoms with E-state index in [1.54, 1.807) is 19.2 Å². The number of hydrogen-bond donors (Lipinski definition) is 1. The number of carbonyl (C=O) groups is 1. The molecule has 0 fully saturated rings. The minimum Gasteiger partial charge on any atom is -0.497 e. The van der Waals surface area contributed by atoms with E-state index in [0.717, 1.165) is 28.3 Å². The summed E-state index contributed by atoms with van der Waals surface area (Å²) in [5.74, 6) is 0.547. The number of rotatable bonds is 5. The Morgan fingerprint density at radius 3 is 2.33 bits per heavy atom. The van der Waals surface area contributed by atoms with Crippen LogP contribution in [0.4, 0.5) is 5.69 Å². The van der Waals surface area contributed by atoms with Gasteiger partial charge in [-0.1, -0.05) is 29.8 Å². The van der Waals surface area contributed by atoms with E-state index >= 15 is 0 Å². The van der Waals surface area contributed by atoms with Crippen LogP contribution in [0.15, 0.2) is 85.1 Å². The van der Waals surface area contributed by atoms with E-state index in [0.29, 0.717) is 16.4 Å². The Morgan fingerprint density at radius 1 is 0.900 bits per heavy atom. The average Bonchev–Trinajstić information content (AvgIpc) is 2.80. The van der Waals surface area contributed by atoms with Crippen LogP contribution in [0, 0.1) is 0 Å². The lowest BCUT2D eigenvalue weighted by atomic mass is 10.1. The Morgan fingerprint density at radius 2 is 1.63 bits per heavy atom. The van der Waals surface area contributed by atoms with Gasteiger partial charge in [0.2, 0.25) is 0 Å². The second-order valence-corrected chi connectivity index (χ2v) is 6.93. The SMILES string of the molecule is COc1ccc(-c2cccc(-c3cccc(NC(=O)c4ccc(Cl)nc4)c3)n2)cc1. The molecule has 0 radical (unpaired) electrons. The maximum atomic E-state index is 12.4. The molecular weight excluding hydrogens is 398 g/mol. The van der Waals surface area contributed by atoms with Crippen LogP contribution in [-0.2, 0) is 0 Å². The Bertz CT molecular complexity index is 1180. The number of halogens is 1. The third-order valence-corrected chi connectivity index (χ3v) is 4.76. The van der Waals surface area contributed by atoms with Gasteiger partial charge < -0.3 is 10.1 Å². The van der Waals surface area contributed by atoms with Crippen LogP contribution < -0.4 is 10.1 Å². The first-order valence-electron chi connectivity index (χ1n) is 9.27. The number of pyridine rings is 2. The van der Waals surface area contributed by atoms with Crippen molar-refractivity contribution < 1.29 is 9.53 Å². The number of methoxy groups -OCH3 is 1. The lowest BCUT2D eigenvalue weighted by Gasteiger charge is -2.09. The zero-order valence-electron chi connectivity index (χ0n) is 16.2. The minimum absolute atomic E-state index is 0.253. The van der Waals surface area contributed by atoms with Gasteiger partial charge in [0.05, 0.1) is 24.1 Å². The van der Waals surface area contributed by atoms with Crippen molar-refractivity contribution in [1.29, 1.82) is 0 Å². The lowest BCUT2D eigenvalue weighted by molar-refractivity contribution is 0.102. The highest BCUT2D eigenvalue weighted by Crippen LogP contribution is 2.26. The van der Waals surface area contributed by atoms with Crippen molar-refractivity contribution in [2.24, 2.45) is 0 Å². The van der Waals surface area contributed by atoms with Gasteiger partial charge in [-0.2, -0.15) is 0 Å². The van der Waals surface area contributed by atoms with Crippen LogP contribution in [0.25, 0.3) is 22.5 Å². The predicted octanol–water partition coefficient (Wildman–Crippen LogP) is 5.72. The molecule has 0 atom stereocenters. The summed E-state index contributed by atoms with van der Waals surface area (Å²) < 4.78 is 5.22. The molecule has 0 unspecified atom stereocenters. The van der Waals surface area contributed by atoms with Crippen molar-refractivity contribution in [3.05, 3.63) is 95.8 Å². The molecular formula is C24H18ClN3O2. The van der Waals surface area contributed by atoms with Crippen LogP contribution in [0.5, 0.6) is 5.75 Å². The molecule has 0 aliphatic heterocycles. The van der Waals surface area contributed by atoms with Gasteiger partial charge in [-0.3, -0.25) is 4.79 Å². The fourth-order valence-corrected chi connectivity index (χ4v) is 3.10. The van der Waals surface area contributed by atoms with E-state index in [1.807, 2.05) is 66.7 Å². The van der Waals surface area contributed by atoms with Gasteiger partial charge in [0.25, 0.3) is 5.91 Å². The van der Waals surface area contributed by atoms with Crippen molar-refractivity contribution in [1.82, 2.24) is 9.97 Å². The summed E-state index contributed by atoms with van der Waals surface area (Å²) in [4.78, 5) is 21.2. The second kappa shape index (κ2) is 8.76. The van der Waals surface area contributed by atoms with Crippen molar-refractivity contribution in [2.75, 3.05) is 12.4 Å². The van der Waals surface area contributed by atoms with Gasteiger partial charge in [-0.05, 0) is 60.7 Å². The number of aromatic nitrogens is 2. The Hall–Kier alpha value is -3.70. The molecule has 4 rings (SSSR count). The van der Waals surface area contributed by atoms with Crippen LogP contribution in [0.1, 0.15) is 10.4 Å². The van der Waals surface area contributed by atoms with E-state index in [4.69, 9.17) is 21.3 Å². The first-order chi connectivity index (χ1) is 14.6. The zero-order chi connectivity index (χ0) is 20.9. The van der Waals surface area contributed by atoms with Crippen LogP contribution in [0.3, 0.4) is 0 Å². The molecule has 0 saturated heterocycles. The molecule has 0 bridgehead atoms. The van der Waals surface area contributed by atoms with E-state index < -0.39 is 0 Å². The highest BCUT2D eigenvalue weighted by Gasteiger charge is 2.09. The lowest BCUT2D eigenvalue weighted by Crippen LogP contribution is -2.12. The summed E-state index contributed by atoms with van der Waals surface area (Å²) in [6, 6.07) is 24.4. The fourth-order valence-electron chi connectivity index (χ4n) is 2.99. The van der Waals surface area contributed by atoms with Crippen molar-refractivity contribution in [3.8, 4) is 28.3 Å². The van der Waals surface area contributed by atoms with Gasteiger partial charge in [0.15, 0.2) is 0 Å². The molecule has 0 spiro atoms. The topological polar surface area (TPSA) is 64.1 Å². The van der Waals surface area contributed by atoms with E-state index in [9.17, 15) is 4.79 Å². The average molecular weight is 416 g/mol. The molecule has 1 N–H and O–H groups in total. The fraction of sp³-hybridized carbons (Fsp3) is 0.0417. The number of nitrogens with one attached hydrogen (secondary N) is 1. The standard InChI is InChI=1S/C24H18ClN3O2/c1-30-20-11-8-16(9-12-20)21-6-3-7-22(28-21)17-4-2-5-19(14-17)27-24(29)18-10-13-23(25)26-15-18/h2-15H,1H3,(H,27,29). The summed E-state index contributed by atoms with van der Waals surface area (Å²) in [5, 5.41) is 3.23. The summed E-state index contributed by atoms with van der Waals surface area (Å²) in [7, 11) is 1.64. The van der Waals surface area contributed by atoms with Crippen molar-refractivity contribution in [2.45, 2.75) is 0 Å². The van der Waals surface area contributed by atoms with Gasteiger partial charge in [0.1, 0.15) is 10.9 Å². The van der Waals surface area contributed by atoms with Gasteiger partial charge in [-0.15, -0.1) is 0 Å². The third kappa shape index (κ3) is 4.47. The molecule has 4 aromatic rings. The van der Waals surface area contributed by atoms with Crippen LogP contribution >= 0.6 is 11.6 Å². The first-order valence-corrected chi connectivity index (χ1v) is 9.65.